The van der Waals surface area contributed by atoms with Crippen LogP contribution in [0.3, 0.4) is 0 Å². The van der Waals surface area contributed by atoms with Gasteiger partial charge >= 0.3 is 0 Å². The fraction of sp³-hybridized carbons (Fsp3) is 0.500. The molecule has 1 rings (SSSR count). The van der Waals surface area contributed by atoms with Gasteiger partial charge in [0.2, 0.25) is 0 Å². The van der Waals surface area contributed by atoms with E-state index >= 15 is 0 Å². The Balaban J connectivity index is 2.55. The van der Waals surface area contributed by atoms with E-state index in [2.05, 4.69) is 56.3 Å². The van der Waals surface area contributed by atoms with E-state index in [1.807, 2.05) is 0 Å². The molecule has 1 aromatic rings. The minimum atomic E-state index is -0.313. The van der Waals surface area contributed by atoms with Crippen molar-refractivity contribution in [3.8, 4) is 0 Å². The summed E-state index contributed by atoms with van der Waals surface area (Å²) in [6, 6.07) is 11.8. The van der Waals surface area contributed by atoms with Gasteiger partial charge in [0, 0.05) is 7.11 Å². The first-order valence-corrected chi connectivity index (χ1v) is 7.06. The van der Waals surface area contributed by atoms with Crippen LogP contribution >= 0.6 is 0 Å². The molecule has 2 nitrogen and oxygen atoms in total. The number of methoxy groups -OCH3 is 1. The van der Waals surface area contributed by atoms with E-state index in [4.69, 9.17) is 4.74 Å². The summed E-state index contributed by atoms with van der Waals surface area (Å²) in [5, 5.41) is -0.0319. The highest BCUT2D eigenvalue weighted by Crippen LogP contribution is 2.12. The molecule has 0 amide bonds. The Kier molecular flexibility index (Phi) is 4.51. The molecule has 0 N–H and O–H groups in total. The molecule has 0 radical (unpaired) electrons. The van der Waals surface area contributed by atoms with Crippen LogP contribution in [-0.4, -0.2) is 41.0 Å². The summed E-state index contributed by atoms with van der Waals surface area (Å²) in [6.45, 7) is 2.18. The molecule has 0 aromatic heterocycles. The fourth-order valence-corrected chi connectivity index (χ4v) is 3.27. The summed E-state index contributed by atoms with van der Waals surface area (Å²) in [5.74, 6) is 0. The number of ether oxygens (including phenoxy) is 1. The lowest BCUT2D eigenvalue weighted by molar-refractivity contribution is -0.0324. The van der Waals surface area contributed by atoms with Crippen LogP contribution in [0, 0.1) is 0 Å². The molecule has 84 valence electrons. The van der Waals surface area contributed by atoms with E-state index in [0.29, 0.717) is 0 Å². The number of nitrogens with zero attached hydrogens (tertiary/aromatic N) is 1. The molecule has 0 heterocycles. The zero-order valence-corrected chi connectivity index (χ0v) is 11.6. The fourth-order valence-electron chi connectivity index (χ4n) is 1.53. The van der Waals surface area contributed by atoms with Crippen molar-refractivity contribution >= 4 is 9.52 Å². The molecule has 3 heteroatoms. The molecule has 0 aliphatic carbocycles. The molecule has 1 atom stereocenters. The lowest BCUT2D eigenvalue weighted by atomic mass is 10.2. The topological polar surface area (TPSA) is 12.5 Å². The average molecular weight is 223 g/mol. The van der Waals surface area contributed by atoms with Crippen molar-refractivity contribution in [2.45, 2.75) is 18.3 Å². The summed E-state index contributed by atoms with van der Waals surface area (Å²) >= 11 is 0. The smallest absolute Gasteiger partial charge is 0.0972 e. The standard InChI is InChI=1S/C12H21NOSi/c1-12(14-4,13(2)3)15-10-11-8-6-5-7-9-11/h5-9H,10,15H2,1-4H3. The van der Waals surface area contributed by atoms with Crippen LogP contribution in [0.1, 0.15) is 12.5 Å². The summed E-state index contributed by atoms with van der Waals surface area (Å²) in [5.41, 5.74) is 1.43. The predicted octanol–water partition coefficient (Wildman–Crippen LogP) is 1.24. The molecule has 0 aliphatic rings. The molecular formula is C12H21NOSi. The van der Waals surface area contributed by atoms with Gasteiger partial charge in [-0.3, -0.25) is 4.90 Å². The van der Waals surface area contributed by atoms with Crippen LogP contribution in [0.2, 0.25) is 0 Å². The lowest BCUT2D eigenvalue weighted by Crippen LogP contribution is -2.49. The number of benzene rings is 1. The van der Waals surface area contributed by atoms with E-state index in [1.165, 1.54) is 11.6 Å². The van der Waals surface area contributed by atoms with Gasteiger partial charge < -0.3 is 4.74 Å². The summed E-state index contributed by atoms with van der Waals surface area (Å²) < 4.78 is 5.61. The predicted molar refractivity (Wildman–Crippen MR) is 67.8 cm³/mol. The summed E-state index contributed by atoms with van der Waals surface area (Å²) in [7, 11) is 5.66. The van der Waals surface area contributed by atoms with Crippen LogP contribution in [0.25, 0.3) is 0 Å². The molecule has 0 saturated carbocycles. The van der Waals surface area contributed by atoms with E-state index in [1.54, 1.807) is 7.11 Å². The highest BCUT2D eigenvalue weighted by atomic mass is 28.2. The monoisotopic (exact) mass is 223 g/mol. The van der Waals surface area contributed by atoms with Gasteiger partial charge in [-0.05, 0) is 27.1 Å². The first-order valence-electron chi connectivity index (χ1n) is 5.35. The lowest BCUT2D eigenvalue weighted by Gasteiger charge is -2.35. The normalized spacial score (nSPS) is 16.1. The molecule has 1 unspecified atom stereocenters. The number of hydrogen-bond acceptors (Lipinski definition) is 2. The second-order valence-corrected chi connectivity index (χ2v) is 6.57. The largest absolute Gasteiger partial charge is 0.368 e. The first kappa shape index (κ1) is 12.4. The van der Waals surface area contributed by atoms with Crippen molar-refractivity contribution in [1.82, 2.24) is 4.90 Å². The van der Waals surface area contributed by atoms with Gasteiger partial charge in [-0.1, -0.05) is 35.9 Å². The van der Waals surface area contributed by atoms with Crippen LogP contribution in [-0.2, 0) is 10.8 Å². The Labute approximate surface area is 95.1 Å². The SMILES string of the molecule is COC(C)([SiH2]Cc1ccccc1)N(C)C. The minimum absolute atomic E-state index is 0.0319. The van der Waals surface area contributed by atoms with Crippen molar-refractivity contribution in [2.24, 2.45) is 0 Å². The van der Waals surface area contributed by atoms with Gasteiger partial charge in [0.1, 0.15) is 0 Å². The van der Waals surface area contributed by atoms with Crippen LogP contribution in [0.5, 0.6) is 0 Å². The average Bonchev–Trinajstić information content (AvgIpc) is 2.27. The maximum atomic E-state index is 5.61. The number of rotatable bonds is 5. The first-order chi connectivity index (χ1) is 7.08. The summed E-state index contributed by atoms with van der Waals surface area (Å²) in [4.78, 5) is 2.18. The minimum Gasteiger partial charge on any atom is -0.368 e. The van der Waals surface area contributed by atoms with Crippen molar-refractivity contribution in [2.75, 3.05) is 21.2 Å². The van der Waals surface area contributed by atoms with Gasteiger partial charge in [0.15, 0.2) is 0 Å². The van der Waals surface area contributed by atoms with Crippen molar-refractivity contribution in [3.05, 3.63) is 35.9 Å². The van der Waals surface area contributed by atoms with Crippen LogP contribution < -0.4 is 0 Å². The zero-order valence-electron chi connectivity index (χ0n) is 10.2. The summed E-state index contributed by atoms with van der Waals surface area (Å²) in [6.07, 6.45) is 0. The van der Waals surface area contributed by atoms with Crippen LogP contribution in [0.4, 0.5) is 0 Å². The van der Waals surface area contributed by atoms with E-state index in [-0.39, 0.29) is 14.9 Å². The van der Waals surface area contributed by atoms with Crippen LogP contribution in [0.15, 0.2) is 30.3 Å². The molecule has 0 aliphatic heterocycles. The molecule has 1 aromatic carbocycles. The number of hydrogen-bond donors (Lipinski definition) is 0. The Morgan fingerprint density at radius 1 is 1.27 bits per heavy atom. The maximum Gasteiger partial charge on any atom is 0.0972 e. The van der Waals surface area contributed by atoms with Gasteiger partial charge in [-0.25, -0.2) is 0 Å². The second kappa shape index (κ2) is 5.44. The Hall–Kier alpha value is -0.643. The highest BCUT2D eigenvalue weighted by molar-refractivity contribution is 6.38. The van der Waals surface area contributed by atoms with E-state index in [0.717, 1.165) is 0 Å². The van der Waals surface area contributed by atoms with Crippen molar-refractivity contribution < 1.29 is 4.74 Å². The molecule has 0 saturated heterocycles. The third-order valence-corrected chi connectivity index (χ3v) is 5.78. The Bertz CT molecular complexity index is 289. The quantitative estimate of drug-likeness (QED) is 0.550. The van der Waals surface area contributed by atoms with Crippen molar-refractivity contribution in [1.29, 1.82) is 0 Å². The molecule has 0 bridgehead atoms. The molecule has 0 fully saturated rings. The van der Waals surface area contributed by atoms with Gasteiger partial charge in [0.05, 0.1) is 14.9 Å². The van der Waals surface area contributed by atoms with Crippen molar-refractivity contribution in [3.63, 3.8) is 0 Å². The molecule has 0 spiro atoms. The molecular weight excluding hydrogens is 202 g/mol. The third-order valence-electron chi connectivity index (χ3n) is 3.11. The van der Waals surface area contributed by atoms with Gasteiger partial charge in [0.25, 0.3) is 0 Å². The van der Waals surface area contributed by atoms with Gasteiger partial charge in [-0.2, -0.15) is 0 Å². The second-order valence-electron chi connectivity index (χ2n) is 4.26. The van der Waals surface area contributed by atoms with E-state index < -0.39 is 0 Å². The van der Waals surface area contributed by atoms with Gasteiger partial charge in [-0.15, -0.1) is 0 Å². The molecule has 15 heavy (non-hydrogen) atoms. The zero-order chi connectivity index (χ0) is 11.3. The van der Waals surface area contributed by atoms with E-state index in [9.17, 15) is 0 Å². The maximum absolute atomic E-state index is 5.61. The third kappa shape index (κ3) is 3.45. The Morgan fingerprint density at radius 2 is 1.87 bits per heavy atom. The highest BCUT2D eigenvalue weighted by Gasteiger charge is 2.25. The Morgan fingerprint density at radius 3 is 2.33 bits per heavy atom.